The van der Waals surface area contributed by atoms with Crippen LogP contribution in [0.5, 0.6) is 0 Å². The van der Waals surface area contributed by atoms with Gasteiger partial charge in [0.25, 0.3) is 0 Å². The Morgan fingerprint density at radius 2 is 2.00 bits per heavy atom. The van der Waals surface area contributed by atoms with Crippen LogP contribution in [0.15, 0.2) is 43.0 Å². The third-order valence-corrected chi connectivity index (χ3v) is 1.72. The molecule has 0 saturated heterocycles. The number of benzene rings is 1. The van der Waals surface area contributed by atoms with E-state index in [0.717, 1.165) is 6.08 Å². The maximum Gasteiger partial charge on any atom is 0.327 e. The first-order chi connectivity index (χ1) is 7.11. The molecule has 80 valence electrons. The van der Waals surface area contributed by atoms with Crippen molar-refractivity contribution in [3.8, 4) is 0 Å². The van der Waals surface area contributed by atoms with Crippen LogP contribution in [0.1, 0.15) is 18.1 Å². The Morgan fingerprint density at radius 1 is 1.40 bits per heavy atom. The fourth-order valence-electron chi connectivity index (χ4n) is 0.958. The fourth-order valence-corrected chi connectivity index (χ4v) is 0.958. The van der Waals surface area contributed by atoms with Gasteiger partial charge < -0.3 is 5.11 Å². The van der Waals surface area contributed by atoms with E-state index in [1.165, 1.54) is 17.2 Å². The molecule has 0 atom stereocenters. The summed E-state index contributed by atoms with van der Waals surface area (Å²) in [4.78, 5) is 9.51. The zero-order chi connectivity index (χ0) is 11.7. The van der Waals surface area contributed by atoms with Gasteiger partial charge in [0.15, 0.2) is 0 Å². The zero-order valence-electron chi connectivity index (χ0n) is 9.10. The smallest absolute Gasteiger partial charge is 0.327 e. The largest absolute Gasteiger partial charge is 0.478 e. The van der Waals surface area contributed by atoms with Gasteiger partial charge in [-0.15, -0.1) is 0 Å². The number of hydrogen-bond donors (Lipinski definition) is 1. The highest BCUT2D eigenvalue weighted by atomic mass is 16.4. The first-order valence-electron chi connectivity index (χ1n) is 4.65. The van der Waals surface area contributed by atoms with Crippen LogP contribution in [-0.4, -0.2) is 11.1 Å². The maximum absolute atomic E-state index is 9.51. The van der Waals surface area contributed by atoms with Crippen LogP contribution in [0.2, 0.25) is 0 Å². The Balaban J connectivity index is 0.000000288. The van der Waals surface area contributed by atoms with Crippen LogP contribution in [0, 0.1) is 6.92 Å². The summed E-state index contributed by atoms with van der Waals surface area (Å²) in [5, 5.41) is 7.83. The molecule has 0 fully saturated rings. The normalized spacial score (nSPS) is 9.20. The summed E-state index contributed by atoms with van der Waals surface area (Å²) in [6.45, 7) is 7.43. The molecule has 1 rings (SSSR count). The fraction of sp³-hybridized carbons (Fsp3) is 0.154. The second-order valence-electron chi connectivity index (χ2n) is 2.90. The predicted octanol–water partition coefficient (Wildman–Crippen LogP) is 3.29. The molecule has 1 N–H and O–H groups in total. The minimum atomic E-state index is -0.891. The van der Waals surface area contributed by atoms with E-state index in [9.17, 15) is 4.79 Å². The molecule has 0 aliphatic rings. The van der Waals surface area contributed by atoms with Gasteiger partial charge in [-0.25, -0.2) is 4.79 Å². The first-order valence-corrected chi connectivity index (χ1v) is 4.65. The highest BCUT2D eigenvalue weighted by molar-refractivity contribution is 5.79. The van der Waals surface area contributed by atoms with E-state index >= 15 is 0 Å². The van der Waals surface area contributed by atoms with Crippen molar-refractivity contribution in [2.75, 3.05) is 0 Å². The van der Waals surface area contributed by atoms with Crippen molar-refractivity contribution in [1.82, 2.24) is 0 Å². The van der Waals surface area contributed by atoms with Crippen LogP contribution in [-0.2, 0) is 4.79 Å². The summed E-state index contributed by atoms with van der Waals surface area (Å²) in [5.41, 5.74) is 2.50. The monoisotopic (exact) mass is 204 g/mol. The number of carboxylic acids is 1. The standard InChI is InChI=1S/C9H10.C4H6O2/c1-3-9-7-5-4-6-8(9)2;1-2-3-4(5)6/h3-7H,1H2,2H3;2-3H,1H3,(H,5,6). The third kappa shape index (κ3) is 6.27. The third-order valence-electron chi connectivity index (χ3n) is 1.72. The SMILES string of the molecule is C=Cc1ccccc1C.CC=CC(=O)O. The minimum Gasteiger partial charge on any atom is -0.478 e. The zero-order valence-corrected chi connectivity index (χ0v) is 9.10. The lowest BCUT2D eigenvalue weighted by Crippen LogP contribution is -1.83. The molecule has 0 spiro atoms. The van der Waals surface area contributed by atoms with Gasteiger partial charge in [-0.2, -0.15) is 0 Å². The summed E-state index contributed by atoms with van der Waals surface area (Å²) >= 11 is 0. The van der Waals surface area contributed by atoms with Crippen LogP contribution in [0.3, 0.4) is 0 Å². The maximum atomic E-state index is 9.51. The van der Waals surface area contributed by atoms with Gasteiger partial charge in [0.2, 0.25) is 0 Å². The van der Waals surface area contributed by atoms with Gasteiger partial charge >= 0.3 is 5.97 Å². The molecule has 15 heavy (non-hydrogen) atoms. The van der Waals surface area contributed by atoms with Crippen LogP contribution < -0.4 is 0 Å². The number of hydrogen-bond acceptors (Lipinski definition) is 1. The molecule has 2 heteroatoms. The van der Waals surface area contributed by atoms with Crippen molar-refractivity contribution in [2.45, 2.75) is 13.8 Å². The van der Waals surface area contributed by atoms with Gasteiger partial charge in [0, 0.05) is 6.08 Å². The lowest BCUT2D eigenvalue weighted by Gasteiger charge is -1.95. The second kappa shape index (κ2) is 7.56. The lowest BCUT2D eigenvalue weighted by atomic mass is 10.1. The summed E-state index contributed by atoms with van der Waals surface area (Å²) < 4.78 is 0. The molecular formula is C13H16O2. The van der Waals surface area contributed by atoms with Crippen molar-refractivity contribution >= 4 is 12.0 Å². The Morgan fingerprint density at radius 3 is 2.27 bits per heavy atom. The van der Waals surface area contributed by atoms with Crippen molar-refractivity contribution in [3.63, 3.8) is 0 Å². The molecular weight excluding hydrogens is 188 g/mol. The van der Waals surface area contributed by atoms with Crippen molar-refractivity contribution in [3.05, 3.63) is 54.1 Å². The number of aliphatic carboxylic acids is 1. The number of rotatable bonds is 2. The molecule has 1 aromatic carbocycles. The van der Waals surface area contributed by atoms with Crippen LogP contribution in [0.25, 0.3) is 6.08 Å². The van der Waals surface area contributed by atoms with Crippen LogP contribution >= 0.6 is 0 Å². The molecule has 0 saturated carbocycles. The van der Waals surface area contributed by atoms with E-state index in [2.05, 4.69) is 25.6 Å². The van der Waals surface area contributed by atoms with Crippen molar-refractivity contribution in [1.29, 1.82) is 0 Å². The van der Waals surface area contributed by atoms with Gasteiger partial charge in [0.05, 0.1) is 0 Å². The van der Waals surface area contributed by atoms with E-state index in [-0.39, 0.29) is 0 Å². The van der Waals surface area contributed by atoms with Crippen molar-refractivity contribution in [2.24, 2.45) is 0 Å². The first kappa shape index (κ1) is 13.2. The molecule has 0 amide bonds. The quantitative estimate of drug-likeness (QED) is 0.750. The van der Waals surface area contributed by atoms with E-state index < -0.39 is 5.97 Å². The Labute approximate surface area is 90.6 Å². The predicted molar refractivity (Wildman–Crippen MR) is 63.7 cm³/mol. The number of carbonyl (C=O) groups is 1. The van der Waals surface area contributed by atoms with Crippen molar-refractivity contribution < 1.29 is 9.90 Å². The summed E-state index contributed by atoms with van der Waals surface area (Å²) in [5.74, 6) is -0.891. The number of aryl methyl sites for hydroxylation is 1. The van der Waals surface area contributed by atoms with Gasteiger partial charge in [-0.3, -0.25) is 0 Å². The number of carboxylic acid groups (broad SMARTS) is 1. The van der Waals surface area contributed by atoms with Gasteiger partial charge in [-0.1, -0.05) is 43.0 Å². The highest BCUT2D eigenvalue weighted by Crippen LogP contribution is 2.06. The average Bonchev–Trinajstić information content (AvgIpc) is 2.19. The van der Waals surface area contributed by atoms with Gasteiger partial charge in [0.1, 0.15) is 0 Å². The molecule has 2 nitrogen and oxygen atoms in total. The summed E-state index contributed by atoms with van der Waals surface area (Å²) in [7, 11) is 0. The lowest BCUT2D eigenvalue weighted by molar-refractivity contribution is -0.131. The van der Waals surface area contributed by atoms with E-state index in [1.54, 1.807) is 6.92 Å². The highest BCUT2D eigenvalue weighted by Gasteiger charge is 1.86. The van der Waals surface area contributed by atoms with Crippen LogP contribution in [0.4, 0.5) is 0 Å². The topological polar surface area (TPSA) is 37.3 Å². The minimum absolute atomic E-state index is 0.891. The summed E-state index contributed by atoms with van der Waals surface area (Å²) in [6, 6.07) is 8.19. The second-order valence-corrected chi connectivity index (χ2v) is 2.90. The van der Waals surface area contributed by atoms with E-state index in [0.29, 0.717) is 0 Å². The number of allylic oxidation sites excluding steroid dienone is 1. The molecule has 1 aromatic rings. The molecule has 0 radical (unpaired) electrons. The Bertz CT molecular complexity index is 351. The van der Waals surface area contributed by atoms with E-state index in [4.69, 9.17) is 5.11 Å². The molecule has 0 unspecified atom stereocenters. The molecule has 0 aliphatic heterocycles. The molecule has 0 aliphatic carbocycles. The average molecular weight is 204 g/mol. The molecule has 0 bridgehead atoms. The summed E-state index contributed by atoms with van der Waals surface area (Å²) in [6.07, 6.45) is 4.43. The Kier molecular flexibility index (Phi) is 6.64. The van der Waals surface area contributed by atoms with E-state index in [1.807, 2.05) is 18.2 Å². The molecule has 0 heterocycles. The Hall–Kier alpha value is -1.83. The van der Waals surface area contributed by atoms with Gasteiger partial charge in [-0.05, 0) is 25.0 Å². The molecule has 0 aromatic heterocycles.